The number of carboxylic acid groups (broad SMARTS) is 1. The number of carbonyl (C=O) groups is 1. The topological polar surface area (TPSA) is 64.4 Å². The van der Waals surface area contributed by atoms with E-state index in [9.17, 15) is 9.90 Å². The second-order valence-corrected chi connectivity index (χ2v) is 8.03. The summed E-state index contributed by atoms with van der Waals surface area (Å²) in [5, 5.41) is 14.8. The van der Waals surface area contributed by atoms with Gasteiger partial charge in [0.2, 0.25) is 0 Å². The van der Waals surface area contributed by atoms with Crippen LogP contribution in [0.5, 0.6) is 5.75 Å². The van der Waals surface area contributed by atoms with E-state index in [1.165, 1.54) is 12.8 Å². The first-order chi connectivity index (χ1) is 14.0. The molecule has 0 saturated heterocycles. The van der Waals surface area contributed by atoms with Crippen molar-refractivity contribution in [1.82, 2.24) is 9.78 Å². The molecule has 0 spiro atoms. The summed E-state index contributed by atoms with van der Waals surface area (Å²) in [5.41, 5.74) is 4.23. The second-order valence-electron chi connectivity index (χ2n) is 8.03. The van der Waals surface area contributed by atoms with Crippen molar-refractivity contribution in [3.63, 3.8) is 0 Å². The quantitative estimate of drug-likeness (QED) is 0.592. The van der Waals surface area contributed by atoms with Crippen molar-refractivity contribution in [2.24, 2.45) is 5.92 Å². The number of hydrogen-bond donors (Lipinski definition) is 1. The highest BCUT2D eigenvalue weighted by atomic mass is 16.5. The van der Waals surface area contributed by atoms with E-state index in [1.807, 2.05) is 23.0 Å². The number of benzene rings is 2. The van der Waals surface area contributed by atoms with Crippen LogP contribution in [0.2, 0.25) is 0 Å². The van der Waals surface area contributed by atoms with Crippen LogP contribution in [0.15, 0.2) is 42.6 Å². The highest BCUT2D eigenvalue weighted by molar-refractivity contribution is 5.86. The molecule has 1 aliphatic rings. The number of aromatic nitrogens is 2. The van der Waals surface area contributed by atoms with E-state index >= 15 is 0 Å². The van der Waals surface area contributed by atoms with Gasteiger partial charge in [-0.1, -0.05) is 19.1 Å². The normalized spacial score (nSPS) is 15.7. The number of rotatable bonds is 7. The molecule has 1 aromatic heterocycles. The van der Waals surface area contributed by atoms with E-state index in [4.69, 9.17) is 4.74 Å². The van der Waals surface area contributed by atoms with Crippen LogP contribution < -0.4 is 4.74 Å². The van der Waals surface area contributed by atoms with E-state index in [0.29, 0.717) is 6.42 Å². The van der Waals surface area contributed by atoms with Crippen LogP contribution >= 0.6 is 0 Å². The Morgan fingerprint density at radius 3 is 2.76 bits per heavy atom. The zero-order valence-corrected chi connectivity index (χ0v) is 17.1. The summed E-state index contributed by atoms with van der Waals surface area (Å²) in [5.74, 6) is -0.313. The molecule has 1 saturated carbocycles. The van der Waals surface area contributed by atoms with Gasteiger partial charge in [0.05, 0.1) is 23.7 Å². The van der Waals surface area contributed by atoms with E-state index < -0.39 is 11.9 Å². The summed E-state index contributed by atoms with van der Waals surface area (Å²) in [6.45, 7) is 4.67. The Morgan fingerprint density at radius 2 is 2.03 bits per heavy atom. The molecule has 0 radical (unpaired) electrons. The first-order valence-corrected chi connectivity index (χ1v) is 10.5. The lowest BCUT2D eigenvalue weighted by molar-refractivity contribution is -0.141. The van der Waals surface area contributed by atoms with Crippen LogP contribution in [0.25, 0.3) is 22.0 Å². The van der Waals surface area contributed by atoms with Crippen LogP contribution in [0, 0.1) is 5.92 Å². The van der Waals surface area contributed by atoms with Gasteiger partial charge in [0.25, 0.3) is 0 Å². The number of aliphatic carboxylic acids is 1. The molecule has 3 aromatic rings. The van der Waals surface area contributed by atoms with Gasteiger partial charge in [-0.2, -0.15) is 5.10 Å². The van der Waals surface area contributed by atoms with Gasteiger partial charge in [-0.15, -0.1) is 0 Å². The Labute approximate surface area is 171 Å². The smallest absolute Gasteiger partial charge is 0.306 e. The molecule has 1 aliphatic carbocycles. The molecule has 1 N–H and O–H groups in total. The number of carboxylic acids is 1. The van der Waals surface area contributed by atoms with Gasteiger partial charge >= 0.3 is 5.97 Å². The fourth-order valence-electron chi connectivity index (χ4n) is 4.17. The maximum absolute atomic E-state index is 11.3. The average Bonchev–Trinajstić information content (AvgIpc) is 3.37. The van der Waals surface area contributed by atoms with Gasteiger partial charge in [0.1, 0.15) is 5.75 Å². The van der Waals surface area contributed by atoms with Gasteiger partial charge < -0.3 is 9.84 Å². The van der Waals surface area contributed by atoms with Gasteiger partial charge in [-0.25, -0.2) is 0 Å². The maximum Gasteiger partial charge on any atom is 0.306 e. The predicted octanol–water partition coefficient (Wildman–Crippen LogP) is 5.31. The molecule has 1 unspecified atom stereocenters. The standard InChI is InChI=1S/C24H28N2O3/c1-3-26-22-10-9-18(14-19(22)15-25-26)21-13-17(12-16(2)24(27)28)8-11-23(21)29-20-6-4-5-7-20/h8-11,13-16,20H,3-7,12H2,1-2H3,(H,27,28). The Hall–Kier alpha value is -2.82. The molecule has 5 nitrogen and oxygen atoms in total. The fourth-order valence-corrected chi connectivity index (χ4v) is 4.17. The van der Waals surface area contributed by atoms with E-state index in [2.05, 4.69) is 36.3 Å². The van der Waals surface area contributed by atoms with Crippen molar-refractivity contribution < 1.29 is 14.6 Å². The highest BCUT2D eigenvalue weighted by Crippen LogP contribution is 2.36. The van der Waals surface area contributed by atoms with Gasteiger partial charge in [0.15, 0.2) is 0 Å². The molecule has 1 heterocycles. The zero-order valence-electron chi connectivity index (χ0n) is 17.1. The van der Waals surface area contributed by atoms with Crippen molar-refractivity contribution in [3.8, 4) is 16.9 Å². The van der Waals surface area contributed by atoms with Crippen molar-refractivity contribution in [2.75, 3.05) is 0 Å². The molecule has 0 amide bonds. The molecular weight excluding hydrogens is 364 g/mol. The molecule has 1 fully saturated rings. The van der Waals surface area contributed by atoms with Crippen molar-refractivity contribution >= 4 is 16.9 Å². The van der Waals surface area contributed by atoms with Gasteiger partial charge in [-0.3, -0.25) is 9.48 Å². The van der Waals surface area contributed by atoms with Crippen LogP contribution in [0.3, 0.4) is 0 Å². The first kappa shape index (κ1) is 19.5. The number of nitrogens with zero attached hydrogens (tertiary/aromatic N) is 2. The summed E-state index contributed by atoms with van der Waals surface area (Å²) in [6, 6.07) is 12.5. The molecular formula is C24H28N2O3. The minimum absolute atomic E-state index is 0.268. The third-order valence-corrected chi connectivity index (χ3v) is 5.86. The number of ether oxygens (including phenoxy) is 1. The van der Waals surface area contributed by atoms with Gasteiger partial charge in [-0.05, 0) is 74.4 Å². The minimum atomic E-state index is -0.772. The number of aryl methyl sites for hydroxylation is 1. The lowest BCUT2D eigenvalue weighted by atomic mass is 9.96. The molecule has 2 aromatic carbocycles. The third kappa shape index (κ3) is 4.14. The van der Waals surface area contributed by atoms with Crippen molar-refractivity contribution in [1.29, 1.82) is 0 Å². The van der Waals surface area contributed by atoms with Crippen molar-refractivity contribution in [2.45, 2.75) is 58.6 Å². The van der Waals surface area contributed by atoms with Crippen molar-refractivity contribution in [3.05, 3.63) is 48.2 Å². The molecule has 152 valence electrons. The Balaban J connectivity index is 1.73. The molecule has 4 rings (SSSR count). The SMILES string of the molecule is CCn1ncc2cc(-c3cc(CC(C)C(=O)O)ccc3OC3CCCC3)ccc21. The second kappa shape index (κ2) is 8.27. The summed E-state index contributed by atoms with van der Waals surface area (Å²) in [7, 11) is 0. The highest BCUT2D eigenvalue weighted by Gasteiger charge is 2.20. The molecule has 5 heteroatoms. The first-order valence-electron chi connectivity index (χ1n) is 10.5. The van der Waals surface area contributed by atoms with Crippen LogP contribution in [0.4, 0.5) is 0 Å². The summed E-state index contributed by atoms with van der Waals surface area (Å²) in [4.78, 5) is 11.3. The van der Waals surface area contributed by atoms with E-state index in [1.54, 1.807) is 6.92 Å². The number of fused-ring (bicyclic) bond motifs is 1. The Kier molecular flexibility index (Phi) is 5.56. The lowest BCUT2D eigenvalue weighted by Crippen LogP contribution is -2.13. The summed E-state index contributed by atoms with van der Waals surface area (Å²) in [6.07, 6.45) is 7.30. The monoisotopic (exact) mass is 392 g/mol. The summed E-state index contributed by atoms with van der Waals surface area (Å²) >= 11 is 0. The molecule has 0 aliphatic heterocycles. The van der Waals surface area contributed by atoms with Crippen LogP contribution in [-0.2, 0) is 17.8 Å². The minimum Gasteiger partial charge on any atom is -0.490 e. The number of hydrogen-bond acceptors (Lipinski definition) is 3. The Bertz CT molecular complexity index is 1020. The molecule has 0 bridgehead atoms. The van der Waals surface area contributed by atoms with Gasteiger partial charge in [0, 0.05) is 17.5 Å². The third-order valence-electron chi connectivity index (χ3n) is 5.86. The fraction of sp³-hybridized carbons (Fsp3) is 0.417. The van der Waals surface area contributed by atoms with E-state index in [-0.39, 0.29) is 6.10 Å². The Morgan fingerprint density at radius 1 is 1.24 bits per heavy atom. The molecule has 29 heavy (non-hydrogen) atoms. The maximum atomic E-state index is 11.3. The predicted molar refractivity (Wildman–Crippen MR) is 114 cm³/mol. The largest absolute Gasteiger partial charge is 0.490 e. The average molecular weight is 392 g/mol. The van der Waals surface area contributed by atoms with Crippen LogP contribution in [0.1, 0.15) is 45.1 Å². The summed E-state index contributed by atoms with van der Waals surface area (Å²) < 4.78 is 8.36. The zero-order chi connectivity index (χ0) is 20.4. The lowest BCUT2D eigenvalue weighted by Gasteiger charge is -2.18. The van der Waals surface area contributed by atoms with Crippen LogP contribution in [-0.4, -0.2) is 27.0 Å². The molecule has 1 atom stereocenters. The van der Waals surface area contributed by atoms with E-state index in [0.717, 1.165) is 52.7 Å².